The van der Waals surface area contributed by atoms with Gasteiger partial charge in [-0.15, -0.1) is 11.6 Å². The van der Waals surface area contributed by atoms with Gasteiger partial charge in [0.05, 0.1) is 0 Å². The van der Waals surface area contributed by atoms with Crippen molar-refractivity contribution in [1.29, 1.82) is 0 Å². The minimum Gasteiger partial charge on any atom is -0.434 e. The molecular formula is C11H11ClF2O2. The Morgan fingerprint density at radius 3 is 2.56 bits per heavy atom. The number of aryl methyl sites for hydroxylation is 1. The summed E-state index contributed by atoms with van der Waals surface area (Å²) in [5.41, 5.74) is 1.10. The van der Waals surface area contributed by atoms with E-state index in [1.165, 1.54) is 13.0 Å². The van der Waals surface area contributed by atoms with E-state index < -0.39 is 12.0 Å². The first kappa shape index (κ1) is 12.9. The highest BCUT2D eigenvalue weighted by Crippen LogP contribution is 2.32. The van der Waals surface area contributed by atoms with Crippen LogP contribution in [-0.2, 0) is 4.79 Å². The van der Waals surface area contributed by atoms with Gasteiger partial charge in [0, 0.05) is 5.56 Å². The third kappa shape index (κ3) is 3.17. The standard InChI is InChI=1S/C11H11ClF2O2/c1-6-3-4-9(16-11(13)14)8(5-6)10(12)7(2)15/h3-5,10-11H,1-2H3. The van der Waals surface area contributed by atoms with Crippen LogP contribution in [0.1, 0.15) is 23.4 Å². The molecule has 1 unspecified atom stereocenters. The molecule has 0 aromatic heterocycles. The summed E-state index contributed by atoms with van der Waals surface area (Å²) in [7, 11) is 0. The first-order valence-electron chi connectivity index (χ1n) is 4.61. The summed E-state index contributed by atoms with van der Waals surface area (Å²) in [6.45, 7) is 0.142. The van der Waals surface area contributed by atoms with Gasteiger partial charge in [0.2, 0.25) is 0 Å². The number of hydrogen-bond acceptors (Lipinski definition) is 2. The van der Waals surface area contributed by atoms with Crippen molar-refractivity contribution >= 4 is 17.4 Å². The minimum atomic E-state index is -2.93. The SMILES string of the molecule is CC(=O)C(Cl)c1cc(C)ccc1OC(F)F. The Labute approximate surface area is 97.2 Å². The molecule has 1 aromatic carbocycles. The molecule has 0 aliphatic carbocycles. The van der Waals surface area contributed by atoms with Crippen molar-refractivity contribution < 1.29 is 18.3 Å². The molecule has 0 fully saturated rings. The Morgan fingerprint density at radius 2 is 2.06 bits per heavy atom. The van der Waals surface area contributed by atoms with Crippen molar-refractivity contribution in [2.45, 2.75) is 25.8 Å². The third-order valence-corrected chi connectivity index (χ3v) is 2.55. The van der Waals surface area contributed by atoms with Gasteiger partial charge in [0.15, 0.2) is 5.78 Å². The summed E-state index contributed by atoms with van der Waals surface area (Å²) in [6, 6.07) is 4.57. The lowest BCUT2D eigenvalue weighted by molar-refractivity contribution is -0.116. The van der Waals surface area contributed by atoms with Crippen molar-refractivity contribution in [2.75, 3.05) is 0 Å². The first-order chi connectivity index (χ1) is 7.41. The topological polar surface area (TPSA) is 26.3 Å². The van der Waals surface area contributed by atoms with Crippen LogP contribution in [0, 0.1) is 6.92 Å². The third-order valence-electron chi connectivity index (χ3n) is 2.01. The number of benzene rings is 1. The van der Waals surface area contributed by atoms with E-state index in [1.807, 2.05) is 0 Å². The summed E-state index contributed by atoms with van der Waals surface area (Å²) >= 11 is 5.83. The maximum absolute atomic E-state index is 12.1. The minimum absolute atomic E-state index is 0.0594. The van der Waals surface area contributed by atoms with Crippen LogP contribution in [0.25, 0.3) is 0 Å². The fraction of sp³-hybridized carbons (Fsp3) is 0.364. The molecule has 1 atom stereocenters. The average Bonchev–Trinajstić information content (AvgIpc) is 2.18. The number of carbonyl (C=O) groups is 1. The molecule has 1 rings (SSSR count). The van der Waals surface area contributed by atoms with Gasteiger partial charge < -0.3 is 4.74 Å². The van der Waals surface area contributed by atoms with Crippen LogP contribution in [0.15, 0.2) is 18.2 Å². The quantitative estimate of drug-likeness (QED) is 0.763. The summed E-state index contributed by atoms with van der Waals surface area (Å²) in [6.07, 6.45) is 0. The molecule has 0 saturated heterocycles. The molecule has 0 saturated carbocycles. The second-order valence-corrected chi connectivity index (χ2v) is 3.83. The van der Waals surface area contributed by atoms with Crippen molar-refractivity contribution in [2.24, 2.45) is 0 Å². The number of rotatable bonds is 4. The van der Waals surface area contributed by atoms with E-state index in [4.69, 9.17) is 11.6 Å². The van der Waals surface area contributed by atoms with E-state index in [0.717, 1.165) is 5.56 Å². The molecule has 88 valence electrons. The molecule has 0 spiro atoms. The first-order valence-corrected chi connectivity index (χ1v) is 5.05. The van der Waals surface area contributed by atoms with Gasteiger partial charge in [0.1, 0.15) is 11.1 Å². The Balaban J connectivity index is 3.12. The Bertz CT molecular complexity index is 394. The van der Waals surface area contributed by atoms with Crippen LogP contribution < -0.4 is 4.74 Å². The van der Waals surface area contributed by atoms with E-state index in [9.17, 15) is 13.6 Å². The number of halogens is 3. The highest BCUT2D eigenvalue weighted by Gasteiger charge is 2.20. The van der Waals surface area contributed by atoms with E-state index in [0.29, 0.717) is 0 Å². The largest absolute Gasteiger partial charge is 0.434 e. The van der Waals surface area contributed by atoms with Crippen molar-refractivity contribution in [3.63, 3.8) is 0 Å². The summed E-state index contributed by atoms with van der Waals surface area (Å²) in [5, 5.41) is -0.964. The average molecular weight is 249 g/mol. The zero-order valence-corrected chi connectivity index (χ0v) is 9.59. The number of alkyl halides is 3. The van der Waals surface area contributed by atoms with E-state index in [1.54, 1.807) is 19.1 Å². The number of Topliss-reactive ketones (excluding diaryl/α,β-unsaturated/α-hetero) is 1. The molecule has 0 bridgehead atoms. The van der Waals surface area contributed by atoms with Crippen LogP contribution in [0.4, 0.5) is 8.78 Å². The fourth-order valence-corrected chi connectivity index (χ4v) is 1.46. The molecule has 0 heterocycles. The molecule has 1 aromatic rings. The monoisotopic (exact) mass is 248 g/mol. The molecule has 0 aliphatic heterocycles. The lowest BCUT2D eigenvalue weighted by Gasteiger charge is -2.13. The number of hydrogen-bond donors (Lipinski definition) is 0. The zero-order valence-electron chi connectivity index (χ0n) is 8.84. The van der Waals surface area contributed by atoms with Crippen molar-refractivity contribution in [3.05, 3.63) is 29.3 Å². The smallest absolute Gasteiger partial charge is 0.387 e. The van der Waals surface area contributed by atoms with Crippen LogP contribution in [-0.4, -0.2) is 12.4 Å². The molecule has 0 radical (unpaired) electrons. The predicted octanol–water partition coefficient (Wildman–Crippen LogP) is 3.47. The lowest BCUT2D eigenvalue weighted by Crippen LogP contribution is -2.08. The maximum Gasteiger partial charge on any atom is 0.387 e. The van der Waals surface area contributed by atoms with Crippen LogP contribution in [0.2, 0.25) is 0 Å². The van der Waals surface area contributed by atoms with E-state index in [2.05, 4.69) is 4.74 Å². The number of ether oxygens (including phenoxy) is 1. The highest BCUT2D eigenvalue weighted by molar-refractivity contribution is 6.31. The molecule has 16 heavy (non-hydrogen) atoms. The van der Waals surface area contributed by atoms with Crippen LogP contribution in [0.5, 0.6) is 5.75 Å². The molecule has 5 heteroatoms. The summed E-state index contributed by atoms with van der Waals surface area (Å²) in [4.78, 5) is 11.1. The lowest BCUT2D eigenvalue weighted by atomic mass is 10.1. The summed E-state index contributed by atoms with van der Waals surface area (Å²) in [5.74, 6) is -0.373. The second-order valence-electron chi connectivity index (χ2n) is 3.39. The molecular weight excluding hydrogens is 238 g/mol. The van der Waals surface area contributed by atoms with Crippen LogP contribution in [0.3, 0.4) is 0 Å². The number of carbonyl (C=O) groups excluding carboxylic acids is 1. The summed E-state index contributed by atoms with van der Waals surface area (Å²) < 4.78 is 28.5. The maximum atomic E-state index is 12.1. The van der Waals surface area contributed by atoms with E-state index in [-0.39, 0.29) is 17.1 Å². The van der Waals surface area contributed by atoms with Crippen molar-refractivity contribution in [1.82, 2.24) is 0 Å². The Hall–Kier alpha value is -1.16. The Kier molecular flexibility index (Phi) is 4.24. The van der Waals surface area contributed by atoms with Gasteiger partial charge in [-0.3, -0.25) is 4.79 Å². The molecule has 0 N–H and O–H groups in total. The normalized spacial score (nSPS) is 12.6. The second kappa shape index (κ2) is 5.25. The molecule has 0 aliphatic rings. The highest BCUT2D eigenvalue weighted by atomic mass is 35.5. The number of ketones is 1. The fourth-order valence-electron chi connectivity index (χ4n) is 1.29. The van der Waals surface area contributed by atoms with E-state index >= 15 is 0 Å². The molecule has 2 nitrogen and oxygen atoms in total. The van der Waals surface area contributed by atoms with Gasteiger partial charge in [-0.1, -0.05) is 17.7 Å². The van der Waals surface area contributed by atoms with Gasteiger partial charge >= 0.3 is 6.61 Å². The van der Waals surface area contributed by atoms with Gasteiger partial charge in [0.25, 0.3) is 0 Å². The zero-order chi connectivity index (χ0) is 12.3. The molecule has 0 amide bonds. The van der Waals surface area contributed by atoms with Gasteiger partial charge in [-0.25, -0.2) is 0 Å². The van der Waals surface area contributed by atoms with Gasteiger partial charge in [-0.05, 0) is 19.9 Å². The van der Waals surface area contributed by atoms with Gasteiger partial charge in [-0.2, -0.15) is 8.78 Å². The predicted molar refractivity (Wildman–Crippen MR) is 57.1 cm³/mol. The van der Waals surface area contributed by atoms with Crippen molar-refractivity contribution in [3.8, 4) is 5.75 Å². The van der Waals surface area contributed by atoms with Crippen LogP contribution >= 0.6 is 11.6 Å². The Morgan fingerprint density at radius 1 is 1.44 bits per heavy atom.